The monoisotopic (exact) mass is 287 g/mol. The van der Waals surface area contributed by atoms with Crippen molar-refractivity contribution in [3.8, 4) is 11.5 Å². The molecule has 2 rings (SSSR count). The van der Waals surface area contributed by atoms with Crippen LogP contribution < -0.4 is 10.5 Å². The van der Waals surface area contributed by atoms with E-state index in [0.29, 0.717) is 6.54 Å². The van der Waals surface area contributed by atoms with Gasteiger partial charge in [-0.1, -0.05) is 38.1 Å². The number of thioether (sulfide) groups is 1. The Morgan fingerprint density at radius 2 is 1.75 bits per heavy atom. The van der Waals surface area contributed by atoms with Crippen molar-refractivity contribution in [1.82, 2.24) is 0 Å². The zero-order valence-corrected chi connectivity index (χ0v) is 12.9. The number of hydrogen-bond donors (Lipinski definition) is 1. The van der Waals surface area contributed by atoms with Crippen molar-refractivity contribution in [3.63, 3.8) is 0 Å². The van der Waals surface area contributed by atoms with Gasteiger partial charge in [0, 0.05) is 17.0 Å². The summed E-state index contributed by atoms with van der Waals surface area (Å²) in [6, 6.07) is 14.3. The van der Waals surface area contributed by atoms with Crippen LogP contribution in [0.15, 0.2) is 47.4 Å². The van der Waals surface area contributed by atoms with Crippen LogP contribution in [0.5, 0.6) is 11.5 Å². The fourth-order valence-corrected chi connectivity index (χ4v) is 2.99. The topological polar surface area (TPSA) is 35.2 Å². The molecule has 0 spiro atoms. The van der Waals surface area contributed by atoms with Crippen molar-refractivity contribution < 1.29 is 4.74 Å². The van der Waals surface area contributed by atoms with Crippen molar-refractivity contribution >= 4 is 11.8 Å². The third-order valence-electron chi connectivity index (χ3n) is 3.17. The molecule has 2 aromatic rings. The molecule has 0 fully saturated rings. The van der Waals surface area contributed by atoms with E-state index in [1.165, 1.54) is 10.5 Å². The first-order chi connectivity index (χ1) is 9.80. The Kier molecular flexibility index (Phi) is 5.50. The van der Waals surface area contributed by atoms with E-state index in [1.807, 2.05) is 30.3 Å². The summed E-state index contributed by atoms with van der Waals surface area (Å²) in [6.45, 7) is 4.77. The highest BCUT2D eigenvalue weighted by Crippen LogP contribution is 2.33. The maximum atomic E-state index is 6.12. The van der Waals surface area contributed by atoms with Crippen LogP contribution in [0.2, 0.25) is 0 Å². The molecule has 0 saturated carbocycles. The molecular formula is C17H21NOS. The van der Waals surface area contributed by atoms with Gasteiger partial charge in [-0.05, 0) is 35.9 Å². The highest BCUT2D eigenvalue weighted by atomic mass is 32.2. The molecule has 20 heavy (non-hydrogen) atoms. The van der Waals surface area contributed by atoms with Gasteiger partial charge in [-0.2, -0.15) is 0 Å². The zero-order chi connectivity index (χ0) is 14.4. The van der Waals surface area contributed by atoms with Gasteiger partial charge in [0.2, 0.25) is 0 Å². The first kappa shape index (κ1) is 14.9. The highest BCUT2D eigenvalue weighted by Gasteiger charge is 2.10. The van der Waals surface area contributed by atoms with Crippen LogP contribution in [-0.4, -0.2) is 5.75 Å². The van der Waals surface area contributed by atoms with E-state index in [4.69, 9.17) is 10.5 Å². The lowest BCUT2D eigenvalue weighted by molar-refractivity contribution is 0.469. The number of rotatable bonds is 6. The molecule has 0 unspecified atom stereocenters. The zero-order valence-electron chi connectivity index (χ0n) is 12.1. The number of aryl methyl sites for hydroxylation is 1. The number of para-hydroxylation sites is 1. The Bertz CT molecular complexity index is 569. The molecule has 2 aromatic carbocycles. The lowest BCUT2D eigenvalue weighted by Gasteiger charge is -2.15. The Morgan fingerprint density at radius 3 is 2.45 bits per heavy atom. The van der Waals surface area contributed by atoms with E-state index in [0.717, 1.165) is 29.2 Å². The van der Waals surface area contributed by atoms with Gasteiger partial charge in [0.05, 0.1) is 0 Å². The van der Waals surface area contributed by atoms with Gasteiger partial charge in [-0.25, -0.2) is 0 Å². The van der Waals surface area contributed by atoms with E-state index in [9.17, 15) is 0 Å². The van der Waals surface area contributed by atoms with Crippen LogP contribution in [0.3, 0.4) is 0 Å². The fourth-order valence-electron chi connectivity index (χ4n) is 2.15. The molecule has 2 N–H and O–H groups in total. The minimum atomic E-state index is 0.493. The normalized spacial score (nSPS) is 10.6. The Hall–Kier alpha value is -1.45. The molecule has 0 saturated heterocycles. The molecule has 0 atom stereocenters. The van der Waals surface area contributed by atoms with Crippen molar-refractivity contribution in [2.75, 3.05) is 5.75 Å². The van der Waals surface area contributed by atoms with E-state index in [1.54, 1.807) is 11.8 Å². The van der Waals surface area contributed by atoms with Crippen molar-refractivity contribution in [2.45, 2.75) is 31.7 Å². The lowest BCUT2D eigenvalue weighted by Crippen LogP contribution is -2.02. The Morgan fingerprint density at radius 1 is 1.00 bits per heavy atom. The lowest BCUT2D eigenvalue weighted by atomic mass is 10.1. The third-order valence-corrected chi connectivity index (χ3v) is 4.15. The second-order valence-electron chi connectivity index (χ2n) is 4.43. The second kappa shape index (κ2) is 7.36. The smallest absolute Gasteiger partial charge is 0.133 e. The summed E-state index contributed by atoms with van der Waals surface area (Å²) in [5, 5.41) is 0. The van der Waals surface area contributed by atoms with Crippen LogP contribution in [0.1, 0.15) is 25.0 Å². The van der Waals surface area contributed by atoms with Crippen LogP contribution in [0.25, 0.3) is 0 Å². The maximum Gasteiger partial charge on any atom is 0.133 e. The largest absolute Gasteiger partial charge is 0.457 e. The number of hydrogen-bond acceptors (Lipinski definition) is 3. The number of ether oxygens (including phenoxy) is 1. The number of benzene rings is 2. The summed E-state index contributed by atoms with van der Waals surface area (Å²) in [4.78, 5) is 1.21. The maximum absolute atomic E-state index is 6.12. The summed E-state index contributed by atoms with van der Waals surface area (Å²) >= 11 is 1.80. The fraction of sp³-hybridized carbons (Fsp3) is 0.294. The standard InChI is InChI=1S/C17H21NOS/c1-3-13-8-5-6-9-15(13)19-16-10-7-11-17(20-4-2)14(16)12-18/h5-11H,3-4,12,18H2,1-2H3. The first-order valence-corrected chi connectivity index (χ1v) is 7.99. The Labute approximate surface area is 125 Å². The molecule has 106 valence electrons. The molecule has 0 radical (unpaired) electrons. The van der Waals surface area contributed by atoms with Gasteiger partial charge >= 0.3 is 0 Å². The Balaban J connectivity index is 2.35. The molecule has 0 aliphatic rings. The average molecular weight is 287 g/mol. The summed E-state index contributed by atoms with van der Waals surface area (Å²) in [5.41, 5.74) is 8.21. The number of nitrogens with two attached hydrogens (primary N) is 1. The highest BCUT2D eigenvalue weighted by molar-refractivity contribution is 7.99. The molecule has 0 heterocycles. The average Bonchev–Trinajstić information content (AvgIpc) is 2.48. The minimum absolute atomic E-state index is 0.493. The van der Waals surface area contributed by atoms with E-state index in [2.05, 4.69) is 26.0 Å². The van der Waals surface area contributed by atoms with Crippen molar-refractivity contribution in [2.24, 2.45) is 5.73 Å². The molecule has 3 heteroatoms. The quantitative estimate of drug-likeness (QED) is 0.788. The van der Waals surface area contributed by atoms with E-state index >= 15 is 0 Å². The molecule has 0 amide bonds. The van der Waals surface area contributed by atoms with E-state index < -0.39 is 0 Å². The molecule has 2 nitrogen and oxygen atoms in total. The van der Waals surface area contributed by atoms with Gasteiger partial charge in [-0.15, -0.1) is 11.8 Å². The molecule has 0 aromatic heterocycles. The second-order valence-corrected chi connectivity index (χ2v) is 5.74. The van der Waals surface area contributed by atoms with Gasteiger partial charge in [-0.3, -0.25) is 0 Å². The summed E-state index contributed by atoms with van der Waals surface area (Å²) < 4.78 is 6.12. The molecule has 0 bridgehead atoms. The van der Waals surface area contributed by atoms with Crippen LogP contribution in [-0.2, 0) is 13.0 Å². The SMILES string of the molecule is CCSc1cccc(Oc2ccccc2CC)c1CN. The predicted molar refractivity (Wildman–Crippen MR) is 86.6 cm³/mol. The third kappa shape index (κ3) is 3.35. The van der Waals surface area contributed by atoms with E-state index in [-0.39, 0.29) is 0 Å². The van der Waals surface area contributed by atoms with Gasteiger partial charge < -0.3 is 10.5 Å². The summed E-state index contributed by atoms with van der Waals surface area (Å²) in [5.74, 6) is 2.82. The van der Waals surface area contributed by atoms with Crippen LogP contribution in [0.4, 0.5) is 0 Å². The predicted octanol–water partition coefficient (Wildman–Crippen LogP) is 4.61. The van der Waals surface area contributed by atoms with Gasteiger partial charge in [0.1, 0.15) is 11.5 Å². The van der Waals surface area contributed by atoms with Crippen LogP contribution in [0, 0.1) is 0 Å². The summed E-state index contributed by atoms with van der Waals surface area (Å²) in [7, 11) is 0. The van der Waals surface area contributed by atoms with Crippen molar-refractivity contribution in [3.05, 3.63) is 53.6 Å². The summed E-state index contributed by atoms with van der Waals surface area (Å²) in [6.07, 6.45) is 0.956. The molecule has 0 aliphatic heterocycles. The minimum Gasteiger partial charge on any atom is -0.457 e. The van der Waals surface area contributed by atoms with Crippen molar-refractivity contribution in [1.29, 1.82) is 0 Å². The van der Waals surface area contributed by atoms with Crippen LogP contribution >= 0.6 is 11.8 Å². The molecular weight excluding hydrogens is 266 g/mol. The molecule has 0 aliphatic carbocycles. The first-order valence-electron chi connectivity index (χ1n) is 7.00. The van der Waals surface area contributed by atoms with Gasteiger partial charge in [0.25, 0.3) is 0 Å². The van der Waals surface area contributed by atoms with Gasteiger partial charge in [0.15, 0.2) is 0 Å².